The molecule has 0 aliphatic carbocycles. The lowest BCUT2D eigenvalue weighted by atomic mass is 10.1. The second-order valence-corrected chi connectivity index (χ2v) is 4.80. The standard InChI is InChI=1S/C15H15F2N3O/c1-18-15-11-8-21-7-6-12(11)19-14(20-15)10-4-2-9(3-5-10)13(16)17/h2-5,13H,6-8H2,1H3,(H,18,19,20). The Hall–Kier alpha value is -2.08. The van der Waals surface area contributed by atoms with Gasteiger partial charge in [-0.25, -0.2) is 18.7 Å². The number of alkyl halides is 2. The molecule has 2 heterocycles. The minimum absolute atomic E-state index is 0.000972. The van der Waals surface area contributed by atoms with E-state index in [9.17, 15) is 8.78 Å². The molecular weight excluding hydrogens is 276 g/mol. The molecule has 21 heavy (non-hydrogen) atoms. The molecule has 1 aliphatic rings. The molecule has 1 aliphatic heterocycles. The summed E-state index contributed by atoms with van der Waals surface area (Å²) in [6, 6.07) is 6.07. The second kappa shape index (κ2) is 5.73. The zero-order chi connectivity index (χ0) is 14.8. The molecule has 0 fully saturated rings. The smallest absolute Gasteiger partial charge is 0.263 e. The molecule has 0 saturated heterocycles. The SMILES string of the molecule is CNc1nc(-c2ccc(C(F)F)cc2)nc2c1COCC2. The van der Waals surface area contributed by atoms with E-state index in [4.69, 9.17) is 4.74 Å². The molecule has 3 rings (SSSR count). The highest BCUT2D eigenvalue weighted by Crippen LogP contribution is 2.27. The van der Waals surface area contributed by atoms with Crippen LogP contribution in [-0.2, 0) is 17.8 Å². The first kappa shape index (κ1) is 13.9. The van der Waals surface area contributed by atoms with Gasteiger partial charge in [-0.05, 0) is 0 Å². The van der Waals surface area contributed by atoms with Gasteiger partial charge in [0.1, 0.15) is 5.82 Å². The van der Waals surface area contributed by atoms with Crippen LogP contribution in [0.15, 0.2) is 24.3 Å². The molecule has 0 atom stereocenters. The van der Waals surface area contributed by atoms with Crippen molar-refractivity contribution in [2.75, 3.05) is 19.0 Å². The highest BCUT2D eigenvalue weighted by Gasteiger charge is 2.18. The molecule has 0 bridgehead atoms. The lowest BCUT2D eigenvalue weighted by molar-refractivity contribution is 0.109. The maximum absolute atomic E-state index is 12.6. The van der Waals surface area contributed by atoms with Gasteiger partial charge in [0.25, 0.3) is 6.43 Å². The average molecular weight is 291 g/mol. The van der Waals surface area contributed by atoms with Gasteiger partial charge in [-0.15, -0.1) is 0 Å². The van der Waals surface area contributed by atoms with Crippen LogP contribution >= 0.6 is 0 Å². The van der Waals surface area contributed by atoms with Gasteiger partial charge in [-0.1, -0.05) is 24.3 Å². The minimum Gasteiger partial charge on any atom is -0.376 e. The van der Waals surface area contributed by atoms with Crippen LogP contribution in [-0.4, -0.2) is 23.6 Å². The van der Waals surface area contributed by atoms with Gasteiger partial charge in [0.2, 0.25) is 0 Å². The van der Waals surface area contributed by atoms with E-state index in [0.717, 1.165) is 29.1 Å². The third-order valence-corrected chi connectivity index (χ3v) is 3.48. The van der Waals surface area contributed by atoms with E-state index >= 15 is 0 Å². The predicted molar refractivity (Wildman–Crippen MR) is 75.3 cm³/mol. The van der Waals surface area contributed by atoms with Crippen LogP contribution in [0.5, 0.6) is 0 Å². The van der Waals surface area contributed by atoms with Crippen LogP contribution < -0.4 is 5.32 Å². The number of aromatic nitrogens is 2. The fraction of sp³-hybridized carbons (Fsp3) is 0.333. The van der Waals surface area contributed by atoms with Crippen LogP contribution in [0.2, 0.25) is 0 Å². The average Bonchev–Trinajstić information content (AvgIpc) is 2.53. The number of nitrogens with one attached hydrogen (secondary N) is 1. The van der Waals surface area contributed by atoms with Gasteiger partial charge in [0.15, 0.2) is 5.82 Å². The molecule has 6 heteroatoms. The Morgan fingerprint density at radius 1 is 1.19 bits per heavy atom. The van der Waals surface area contributed by atoms with E-state index in [1.807, 2.05) is 0 Å². The summed E-state index contributed by atoms with van der Waals surface area (Å²) in [4.78, 5) is 9.01. The summed E-state index contributed by atoms with van der Waals surface area (Å²) in [5.74, 6) is 1.27. The second-order valence-electron chi connectivity index (χ2n) is 4.80. The molecule has 4 nitrogen and oxygen atoms in total. The molecule has 1 aromatic carbocycles. The topological polar surface area (TPSA) is 47.0 Å². The van der Waals surface area contributed by atoms with E-state index in [-0.39, 0.29) is 5.56 Å². The van der Waals surface area contributed by atoms with Gasteiger partial charge < -0.3 is 10.1 Å². The van der Waals surface area contributed by atoms with Crippen LogP contribution in [0.25, 0.3) is 11.4 Å². The molecule has 0 radical (unpaired) electrons. The molecule has 0 spiro atoms. The Morgan fingerprint density at radius 2 is 1.95 bits per heavy atom. The fourth-order valence-electron chi connectivity index (χ4n) is 2.35. The van der Waals surface area contributed by atoms with Gasteiger partial charge >= 0.3 is 0 Å². The molecule has 0 unspecified atom stereocenters. The number of hydrogen-bond donors (Lipinski definition) is 1. The first-order valence-corrected chi connectivity index (χ1v) is 6.73. The Labute approximate surface area is 121 Å². The number of halogens is 2. The number of anilines is 1. The summed E-state index contributed by atoms with van der Waals surface area (Å²) in [5.41, 5.74) is 2.65. The Balaban J connectivity index is 2.02. The number of benzene rings is 1. The Kier molecular flexibility index (Phi) is 3.79. The quantitative estimate of drug-likeness (QED) is 0.943. The van der Waals surface area contributed by atoms with Crippen molar-refractivity contribution in [1.29, 1.82) is 0 Å². The molecule has 1 N–H and O–H groups in total. The van der Waals surface area contributed by atoms with Crippen LogP contribution in [0.1, 0.15) is 23.2 Å². The molecule has 1 aromatic heterocycles. The van der Waals surface area contributed by atoms with E-state index < -0.39 is 6.43 Å². The summed E-state index contributed by atoms with van der Waals surface area (Å²) >= 11 is 0. The van der Waals surface area contributed by atoms with Crippen molar-refractivity contribution in [3.63, 3.8) is 0 Å². The monoisotopic (exact) mass is 291 g/mol. The highest BCUT2D eigenvalue weighted by atomic mass is 19.3. The normalized spacial score (nSPS) is 14.1. The maximum atomic E-state index is 12.6. The third-order valence-electron chi connectivity index (χ3n) is 3.48. The van der Waals surface area contributed by atoms with E-state index in [1.54, 1.807) is 19.2 Å². The first-order valence-electron chi connectivity index (χ1n) is 6.73. The van der Waals surface area contributed by atoms with Crippen molar-refractivity contribution in [3.05, 3.63) is 41.1 Å². The van der Waals surface area contributed by atoms with Gasteiger partial charge in [0, 0.05) is 30.2 Å². The molecule has 0 saturated carbocycles. The van der Waals surface area contributed by atoms with Gasteiger partial charge in [-0.2, -0.15) is 0 Å². The van der Waals surface area contributed by atoms with Crippen LogP contribution in [0.3, 0.4) is 0 Å². The number of ether oxygens (including phenoxy) is 1. The number of nitrogens with zero attached hydrogens (tertiary/aromatic N) is 2. The zero-order valence-corrected chi connectivity index (χ0v) is 11.6. The summed E-state index contributed by atoms with van der Waals surface area (Å²) in [7, 11) is 1.79. The lowest BCUT2D eigenvalue weighted by Gasteiger charge is -2.19. The minimum atomic E-state index is -2.46. The van der Waals surface area contributed by atoms with Crippen molar-refractivity contribution >= 4 is 5.82 Å². The van der Waals surface area contributed by atoms with Gasteiger partial charge in [0.05, 0.1) is 18.9 Å². The maximum Gasteiger partial charge on any atom is 0.263 e. The van der Waals surface area contributed by atoms with E-state index in [2.05, 4.69) is 15.3 Å². The Bertz CT molecular complexity index is 627. The number of rotatable bonds is 3. The summed E-state index contributed by atoms with van der Waals surface area (Å²) < 4.78 is 30.6. The summed E-state index contributed by atoms with van der Waals surface area (Å²) in [6.45, 7) is 1.13. The van der Waals surface area contributed by atoms with E-state index in [0.29, 0.717) is 19.0 Å². The van der Waals surface area contributed by atoms with Crippen molar-refractivity contribution < 1.29 is 13.5 Å². The molecule has 0 amide bonds. The molecular formula is C15H15F2N3O. The highest BCUT2D eigenvalue weighted by molar-refractivity contribution is 5.60. The molecule has 110 valence electrons. The summed E-state index contributed by atoms with van der Waals surface area (Å²) in [5, 5.41) is 3.04. The van der Waals surface area contributed by atoms with E-state index in [1.165, 1.54) is 12.1 Å². The van der Waals surface area contributed by atoms with Crippen molar-refractivity contribution in [2.24, 2.45) is 0 Å². The molecule has 2 aromatic rings. The predicted octanol–water partition coefficient (Wildman–Crippen LogP) is 3.20. The fourth-order valence-corrected chi connectivity index (χ4v) is 2.35. The first-order chi connectivity index (χ1) is 10.2. The van der Waals surface area contributed by atoms with Crippen LogP contribution in [0.4, 0.5) is 14.6 Å². The third kappa shape index (κ3) is 2.71. The number of hydrogen-bond acceptors (Lipinski definition) is 4. The lowest BCUT2D eigenvalue weighted by Crippen LogP contribution is -2.16. The van der Waals surface area contributed by atoms with Crippen molar-refractivity contribution in [3.8, 4) is 11.4 Å². The van der Waals surface area contributed by atoms with Crippen LogP contribution in [0, 0.1) is 0 Å². The Morgan fingerprint density at radius 3 is 2.62 bits per heavy atom. The number of fused-ring (bicyclic) bond motifs is 1. The summed E-state index contributed by atoms with van der Waals surface area (Å²) in [6.07, 6.45) is -1.73. The zero-order valence-electron chi connectivity index (χ0n) is 11.6. The van der Waals surface area contributed by atoms with Gasteiger partial charge in [-0.3, -0.25) is 0 Å². The largest absolute Gasteiger partial charge is 0.376 e. The van der Waals surface area contributed by atoms with Crippen molar-refractivity contribution in [2.45, 2.75) is 19.5 Å². The van der Waals surface area contributed by atoms with Crippen molar-refractivity contribution in [1.82, 2.24) is 9.97 Å².